The molecule has 0 bridgehead atoms. The van der Waals surface area contributed by atoms with Crippen molar-refractivity contribution in [1.82, 2.24) is 4.90 Å². The molecule has 7 nitrogen and oxygen atoms in total. The van der Waals surface area contributed by atoms with E-state index in [-0.39, 0.29) is 6.54 Å². The van der Waals surface area contributed by atoms with Crippen LogP contribution in [0.25, 0.3) is 0 Å². The van der Waals surface area contributed by atoms with Crippen molar-refractivity contribution < 1.29 is 25.2 Å². The van der Waals surface area contributed by atoms with Gasteiger partial charge >= 0.3 is 0 Å². The van der Waals surface area contributed by atoms with Crippen LogP contribution >= 0.6 is 0 Å². The lowest BCUT2D eigenvalue weighted by Crippen LogP contribution is -2.64. The molecule has 106 valence electrons. The monoisotopic (exact) mass is 262 g/mol. The Morgan fingerprint density at radius 1 is 1.28 bits per heavy atom. The summed E-state index contributed by atoms with van der Waals surface area (Å²) in [6, 6.07) is 0. The molecule has 0 aromatic carbocycles. The molecule has 4 atom stereocenters. The van der Waals surface area contributed by atoms with Crippen LogP contribution in [-0.2, 0) is 4.79 Å². The fourth-order valence-corrected chi connectivity index (χ4v) is 2.16. The topological polar surface area (TPSA) is 127 Å². The maximum Gasteiger partial charge on any atom is 0.143 e. The summed E-state index contributed by atoms with van der Waals surface area (Å²) in [4.78, 5) is 13.0. The van der Waals surface area contributed by atoms with E-state index >= 15 is 0 Å². The molecule has 1 fully saturated rings. The minimum atomic E-state index is -1.66. The number of carbonyl (C=O) groups is 1. The van der Waals surface area contributed by atoms with Gasteiger partial charge in [-0.1, -0.05) is 0 Å². The van der Waals surface area contributed by atoms with Crippen LogP contribution in [-0.4, -0.2) is 81.7 Å². The van der Waals surface area contributed by atoms with Gasteiger partial charge in [-0.05, 0) is 25.9 Å². The summed E-state index contributed by atoms with van der Waals surface area (Å²) in [5.74, 6) is 0. The SMILES string of the molecule is N[C@](C=O)(CN1CCCC1)[C@@H](O)[C@H](O)[C@H](O)CO. The summed E-state index contributed by atoms with van der Waals surface area (Å²) in [6.45, 7) is 0.986. The van der Waals surface area contributed by atoms with Gasteiger partial charge in [-0.3, -0.25) is 0 Å². The van der Waals surface area contributed by atoms with Gasteiger partial charge < -0.3 is 35.9 Å². The van der Waals surface area contributed by atoms with Gasteiger partial charge in [0.2, 0.25) is 0 Å². The highest BCUT2D eigenvalue weighted by atomic mass is 16.4. The van der Waals surface area contributed by atoms with Crippen LogP contribution in [0.15, 0.2) is 0 Å². The molecule has 0 saturated carbocycles. The van der Waals surface area contributed by atoms with Gasteiger partial charge in [-0.2, -0.15) is 0 Å². The molecule has 0 aliphatic carbocycles. The molecule has 0 radical (unpaired) electrons. The molecule has 0 unspecified atom stereocenters. The van der Waals surface area contributed by atoms with Crippen molar-refractivity contribution in [3.8, 4) is 0 Å². The van der Waals surface area contributed by atoms with Gasteiger partial charge in [0, 0.05) is 6.54 Å². The van der Waals surface area contributed by atoms with E-state index < -0.39 is 30.5 Å². The first-order valence-corrected chi connectivity index (χ1v) is 6.07. The first-order chi connectivity index (χ1) is 8.44. The first-order valence-electron chi connectivity index (χ1n) is 6.07. The van der Waals surface area contributed by atoms with Gasteiger partial charge in [-0.15, -0.1) is 0 Å². The molecule has 0 amide bonds. The summed E-state index contributed by atoms with van der Waals surface area (Å²) in [6.07, 6.45) is -2.41. The zero-order chi connectivity index (χ0) is 13.8. The molecule has 0 aromatic rings. The van der Waals surface area contributed by atoms with Crippen LogP contribution in [0, 0.1) is 0 Å². The normalized spacial score (nSPS) is 25.4. The van der Waals surface area contributed by atoms with Gasteiger partial charge in [0.05, 0.1) is 6.61 Å². The maximum atomic E-state index is 11.1. The molecule has 0 aromatic heterocycles. The Kier molecular flexibility index (Phi) is 5.64. The van der Waals surface area contributed by atoms with Crippen molar-refractivity contribution in [2.45, 2.75) is 36.7 Å². The predicted octanol–water partition coefficient (Wildman–Crippen LogP) is -2.95. The minimum Gasteiger partial charge on any atom is -0.394 e. The molecule has 1 rings (SSSR count). The second-order valence-corrected chi connectivity index (χ2v) is 4.90. The van der Waals surface area contributed by atoms with Crippen molar-refractivity contribution in [1.29, 1.82) is 0 Å². The molecular weight excluding hydrogens is 240 g/mol. The number of nitrogens with zero attached hydrogens (tertiary/aromatic N) is 1. The highest BCUT2D eigenvalue weighted by Gasteiger charge is 2.42. The van der Waals surface area contributed by atoms with Crippen LogP contribution in [0.5, 0.6) is 0 Å². The summed E-state index contributed by atoms with van der Waals surface area (Å²) in [5.41, 5.74) is 4.15. The predicted molar refractivity (Wildman–Crippen MR) is 63.8 cm³/mol. The van der Waals surface area contributed by atoms with Crippen molar-refractivity contribution in [3.05, 3.63) is 0 Å². The highest BCUT2D eigenvalue weighted by molar-refractivity contribution is 5.65. The number of carbonyl (C=O) groups excluding carboxylic acids is 1. The second-order valence-electron chi connectivity index (χ2n) is 4.90. The average molecular weight is 262 g/mol. The minimum absolute atomic E-state index is 0.118. The Morgan fingerprint density at radius 2 is 1.83 bits per heavy atom. The van der Waals surface area contributed by atoms with E-state index in [0.717, 1.165) is 25.9 Å². The average Bonchev–Trinajstić information content (AvgIpc) is 2.88. The Morgan fingerprint density at radius 3 is 2.28 bits per heavy atom. The third-order valence-corrected chi connectivity index (χ3v) is 3.37. The Hall–Kier alpha value is -0.570. The van der Waals surface area contributed by atoms with E-state index in [0.29, 0.717) is 6.29 Å². The van der Waals surface area contributed by atoms with Crippen LogP contribution < -0.4 is 5.73 Å². The third-order valence-electron chi connectivity index (χ3n) is 3.37. The summed E-state index contributed by atoms with van der Waals surface area (Å²) in [5, 5.41) is 37.5. The fraction of sp³-hybridized carbons (Fsp3) is 0.909. The first kappa shape index (κ1) is 15.5. The van der Waals surface area contributed by atoms with E-state index in [4.69, 9.17) is 10.8 Å². The van der Waals surface area contributed by atoms with E-state index in [1.165, 1.54) is 0 Å². The molecule has 1 saturated heterocycles. The number of likely N-dealkylation sites (tertiary alicyclic amines) is 1. The standard InChI is InChI=1S/C11H22N2O5/c12-11(7-15,6-13-3-1-2-4-13)10(18)9(17)8(16)5-14/h7-10,14,16-18H,1-6,12H2/t8-,9-,10+,11+/m1/s1. The van der Waals surface area contributed by atoms with Crippen LogP contribution in [0.3, 0.4) is 0 Å². The van der Waals surface area contributed by atoms with Crippen molar-refractivity contribution >= 4 is 6.29 Å². The van der Waals surface area contributed by atoms with Crippen LogP contribution in [0.1, 0.15) is 12.8 Å². The third kappa shape index (κ3) is 3.47. The van der Waals surface area contributed by atoms with E-state index in [1.807, 2.05) is 4.90 Å². The lowest BCUT2D eigenvalue weighted by molar-refractivity contribution is -0.130. The van der Waals surface area contributed by atoms with E-state index in [1.54, 1.807) is 0 Å². The lowest BCUT2D eigenvalue weighted by atomic mass is 9.88. The largest absolute Gasteiger partial charge is 0.394 e. The number of aldehydes is 1. The molecule has 1 heterocycles. The van der Waals surface area contributed by atoms with E-state index in [9.17, 15) is 20.1 Å². The second kappa shape index (κ2) is 6.55. The fourth-order valence-electron chi connectivity index (χ4n) is 2.16. The molecular formula is C11H22N2O5. The van der Waals surface area contributed by atoms with Crippen LogP contribution in [0.4, 0.5) is 0 Å². The highest BCUT2D eigenvalue weighted by Crippen LogP contribution is 2.17. The molecule has 7 heteroatoms. The smallest absolute Gasteiger partial charge is 0.143 e. The Labute approximate surface area is 106 Å². The van der Waals surface area contributed by atoms with Crippen molar-refractivity contribution in [2.75, 3.05) is 26.2 Å². The molecule has 0 spiro atoms. The summed E-state index contributed by atoms with van der Waals surface area (Å²) >= 11 is 0. The Bertz CT molecular complexity index is 272. The maximum absolute atomic E-state index is 11.1. The number of hydrogen-bond donors (Lipinski definition) is 5. The summed E-state index contributed by atoms with van der Waals surface area (Å²) in [7, 11) is 0. The zero-order valence-corrected chi connectivity index (χ0v) is 10.3. The van der Waals surface area contributed by atoms with Gasteiger partial charge in [0.25, 0.3) is 0 Å². The zero-order valence-electron chi connectivity index (χ0n) is 10.3. The van der Waals surface area contributed by atoms with Gasteiger partial charge in [0.1, 0.15) is 30.1 Å². The molecule has 1 aliphatic heterocycles. The number of aliphatic hydroxyl groups excluding tert-OH is 4. The number of nitrogens with two attached hydrogens (primary N) is 1. The van der Waals surface area contributed by atoms with E-state index in [2.05, 4.69) is 0 Å². The van der Waals surface area contributed by atoms with Gasteiger partial charge in [0.15, 0.2) is 0 Å². The number of rotatable bonds is 7. The van der Waals surface area contributed by atoms with Gasteiger partial charge in [-0.25, -0.2) is 0 Å². The molecule has 18 heavy (non-hydrogen) atoms. The molecule has 6 N–H and O–H groups in total. The molecule has 1 aliphatic rings. The van der Waals surface area contributed by atoms with Crippen molar-refractivity contribution in [3.63, 3.8) is 0 Å². The quantitative estimate of drug-likeness (QED) is 0.310. The summed E-state index contributed by atoms with van der Waals surface area (Å²) < 4.78 is 0. The van der Waals surface area contributed by atoms with Crippen LogP contribution in [0.2, 0.25) is 0 Å². The Balaban J connectivity index is 2.69. The number of hydrogen-bond acceptors (Lipinski definition) is 7. The van der Waals surface area contributed by atoms with Crippen molar-refractivity contribution in [2.24, 2.45) is 5.73 Å². The number of aliphatic hydroxyl groups is 4. The lowest BCUT2D eigenvalue weighted by Gasteiger charge is -2.36.